The Morgan fingerprint density at radius 2 is 2.11 bits per heavy atom. The summed E-state index contributed by atoms with van der Waals surface area (Å²) in [6.45, 7) is 5.35. The molecule has 19 heavy (non-hydrogen) atoms. The van der Waals surface area contributed by atoms with Crippen molar-refractivity contribution in [3.63, 3.8) is 0 Å². The van der Waals surface area contributed by atoms with Crippen LogP contribution in [0.15, 0.2) is 23.1 Å². The summed E-state index contributed by atoms with van der Waals surface area (Å²) in [5.74, 6) is 0.433. The van der Waals surface area contributed by atoms with Crippen LogP contribution in [0, 0.1) is 0 Å². The van der Waals surface area contributed by atoms with Crippen molar-refractivity contribution in [2.75, 3.05) is 6.61 Å². The Hall–Kier alpha value is -1.29. The molecule has 0 saturated carbocycles. The fraction of sp³-hybridized carbons (Fsp3) is 0.667. The zero-order valence-electron chi connectivity index (χ0n) is 12.1. The van der Waals surface area contributed by atoms with Gasteiger partial charge in [0.15, 0.2) is 5.75 Å². The van der Waals surface area contributed by atoms with Gasteiger partial charge in [-0.05, 0) is 25.0 Å². The summed E-state index contributed by atoms with van der Waals surface area (Å²) in [5.41, 5.74) is 5.80. The molecule has 1 aromatic heterocycles. The third-order valence-electron chi connectivity index (χ3n) is 3.20. The van der Waals surface area contributed by atoms with E-state index >= 15 is 0 Å². The number of unbranched alkanes of at least 4 members (excludes halogenated alkanes) is 3. The maximum absolute atomic E-state index is 12.1. The molecule has 1 aromatic rings. The second-order valence-corrected chi connectivity index (χ2v) is 4.91. The van der Waals surface area contributed by atoms with Gasteiger partial charge in [-0.1, -0.05) is 33.1 Å². The summed E-state index contributed by atoms with van der Waals surface area (Å²) in [7, 11) is 0. The molecule has 0 spiro atoms. The fourth-order valence-corrected chi connectivity index (χ4v) is 1.86. The zero-order chi connectivity index (χ0) is 14.1. The first-order chi connectivity index (χ1) is 9.19. The third kappa shape index (κ3) is 5.47. The Morgan fingerprint density at radius 3 is 2.79 bits per heavy atom. The number of pyridine rings is 1. The number of ether oxygens (including phenoxy) is 1. The molecule has 108 valence electrons. The van der Waals surface area contributed by atoms with Gasteiger partial charge < -0.3 is 15.0 Å². The predicted octanol–water partition coefficient (Wildman–Crippen LogP) is 2.54. The van der Waals surface area contributed by atoms with Gasteiger partial charge in [0.05, 0.1) is 6.61 Å². The molecule has 0 aromatic carbocycles. The van der Waals surface area contributed by atoms with E-state index < -0.39 is 0 Å². The van der Waals surface area contributed by atoms with E-state index in [-0.39, 0.29) is 11.6 Å². The summed E-state index contributed by atoms with van der Waals surface area (Å²) in [6, 6.07) is 3.58. The van der Waals surface area contributed by atoms with Crippen molar-refractivity contribution < 1.29 is 4.74 Å². The molecule has 1 unspecified atom stereocenters. The maximum Gasteiger partial charge on any atom is 0.292 e. The van der Waals surface area contributed by atoms with Gasteiger partial charge in [-0.2, -0.15) is 0 Å². The van der Waals surface area contributed by atoms with Crippen LogP contribution in [0.25, 0.3) is 0 Å². The highest BCUT2D eigenvalue weighted by molar-refractivity contribution is 5.17. The highest BCUT2D eigenvalue weighted by Gasteiger charge is 2.06. The predicted molar refractivity (Wildman–Crippen MR) is 78.6 cm³/mol. The highest BCUT2D eigenvalue weighted by Crippen LogP contribution is 2.05. The lowest BCUT2D eigenvalue weighted by Crippen LogP contribution is -2.31. The van der Waals surface area contributed by atoms with E-state index in [9.17, 15) is 4.79 Å². The van der Waals surface area contributed by atoms with Crippen LogP contribution in [0.5, 0.6) is 5.75 Å². The molecule has 4 nitrogen and oxygen atoms in total. The summed E-state index contributed by atoms with van der Waals surface area (Å²) < 4.78 is 7.20. The third-order valence-corrected chi connectivity index (χ3v) is 3.20. The molecule has 0 bridgehead atoms. The van der Waals surface area contributed by atoms with Gasteiger partial charge in [-0.25, -0.2) is 0 Å². The van der Waals surface area contributed by atoms with Crippen LogP contribution in [0.4, 0.5) is 0 Å². The molecule has 1 rings (SSSR count). The molecule has 0 saturated heterocycles. The van der Waals surface area contributed by atoms with Crippen molar-refractivity contribution >= 4 is 0 Å². The molecule has 1 atom stereocenters. The molecule has 0 aliphatic rings. The molecule has 0 aliphatic carbocycles. The van der Waals surface area contributed by atoms with Crippen LogP contribution in [-0.4, -0.2) is 17.2 Å². The van der Waals surface area contributed by atoms with E-state index in [1.807, 2.05) is 13.0 Å². The van der Waals surface area contributed by atoms with Gasteiger partial charge in [0.1, 0.15) is 0 Å². The molecule has 0 amide bonds. The minimum Gasteiger partial charge on any atom is -0.488 e. The minimum absolute atomic E-state index is 0.0116. The van der Waals surface area contributed by atoms with E-state index in [2.05, 4.69) is 6.92 Å². The van der Waals surface area contributed by atoms with Crippen molar-refractivity contribution in [2.24, 2.45) is 5.73 Å². The van der Waals surface area contributed by atoms with Crippen molar-refractivity contribution in [3.05, 3.63) is 28.7 Å². The smallest absolute Gasteiger partial charge is 0.292 e. The Kier molecular flexibility index (Phi) is 7.26. The maximum atomic E-state index is 12.1. The van der Waals surface area contributed by atoms with Crippen LogP contribution >= 0.6 is 0 Å². The zero-order valence-corrected chi connectivity index (χ0v) is 12.1. The highest BCUT2D eigenvalue weighted by atomic mass is 16.5. The van der Waals surface area contributed by atoms with E-state index in [0.717, 1.165) is 19.3 Å². The summed E-state index contributed by atoms with van der Waals surface area (Å²) in [4.78, 5) is 12.1. The first-order valence-electron chi connectivity index (χ1n) is 7.26. The second-order valence-electron chi connectivity index (χ2n) is 4.91. The minimum atomic E-state index is -0.0816. The van der Waals surface area contributed by atoms with E-state index in [1.165, 1.54) is 12.8 Å². The molecule has 4 heteroatoms. The first-order valence-corrected chi connectivity index (χ1v) is 7.26. The van der Waals surface area contributed by atoms with Crippen molar-refractivity contribution in [3.8, 4) is 5.75 Å². The first kappa shape index (κ1) is 15.8. The number of rotatable bonds is 9. The number of nitrogens with zero attached hydrogens (tertiary/aromatic N) is 1. The molecule has 2 N–H and O–H groups in total. The van der Waals surface area contributed by atoms with Crippen molar-refractivity contribution in [1.29, 1.82) is 0 Å². The van der Waals surface area contributed by atoms with Crippen LogP contribution in [0.2, 0.25) is 0 Å². The molecule has 0 radical (unpaired) electrons. The Morgan fingerprint density at radius 1 is 1.32 bits per heavy atom. The van der Waals surface area contributed by atoms with Gasteiger partial charge >= 0.3 is 0 Å². The quantitative estimate of drug-likeness (QED) is 0.699. The fourth-order valence-electron chi connectivity index (χ4n) is 1.86. The number of hydrogen-bond acceptors (Lipinski definition) is 3. The standard InChI is InChI=1S/C15H26N2O2/c1-3-5-6-7-11-19-14-9-8-10-17(15(14)18)12-13(16)4-2/h8-10,13H,3-7,11-12,16H2,1-2H3. The summed E-state index contributed by atoms with van der Waals surface area (Å²) >= 11 is 0. The molecular weight excluding hydrogens is 240 g/mol. The van der Waals surface area contributed by atoms with Gasteiger partial charge in [0, 0.05) is 18.8 Å². The normalized spacial score (nSPS) is 12.4. The number of nitrogens with two attached hydrogens (primary N) is 1. The number of aromatic nitrogens is 1. The Balaban J connectivity index is 2.54. The molecule has 0 fully saturated rings. The largest absolute Gasteiger partial charge is 0.488 e. The van der Waals surface area contributed by atoms with E-state index in [4.69, 9.17) is 10.5 Å². The average molecular weight is 266 g/mol. The van der Waals surface area contributed by atoms with Crippen molar-refractivity contribution in [1.82, 2.24) is 4.57 Å². The van der Waals surface area contributed by atoms with Crippen LogP contribution in [0.3, 0.4) is 0 Å². The monoisotopic (exact) mass is 266 g/mol. The Labute approximate surface area is 115 Å². The van der Waals surface area contributed by atoms with Crippen LogP contribution < -0.4 is 16.0 Å². The number of hydrogen-bond donors (Lipinski definition) is 1. The topological polar surface area (TPSA) is 57.2 Å². The van der Waals surface area contributed by atoms with E-state index in [1.54, 1.807) is 16.8 Å². The lowest BCUT2D eigenvalue weighted by atomic mass is 10.2. The molecular formula is C15H26N2O2. The average Bonchev–Trinajstić information content (AvgIpc) is 2.42. The van der Waals surface area contributed by atoms with Gasteiger partial charge in [0.25, 0.3) is 5.56 Å². The lowest BCUT2D eigenvalue weighted by molar-refractivity contribution is 0.298. The van der Waals surface area contributed by atoms with E-state index in [0.29, 0.717) is 18.9 Å². The lowest BCUT2D eigenvalue weighted by Gasteiger charge is -2.12. The summed E-state index contributed by atoms with van der Waals surface area (Å²) in [6.07, 6.45) is 7.19. The van der Waals surface area contributed by atoms with Crippen molar-refractivity contribution in [2.45, 2.75) is 58.5 Å². The van der Waals surface area contributed by atoms with Crippen LogP contribution in [0.1, 0.15) is 46.0 Å². The van der Waals surface area contributed by atoms with Gasteiger partial charge in [-0.15, -0.1) is 0 Å². The Bertz CT molecular complexity index is 415. The SMILES string of the molecule is CCCCCCOc1cccn(CC(N)CC)c1=O. The second kappa shape index (κ2) is 8.75. The van der Waals surface area contributed by atoms with Crippen LogP contribution in [-0.2, 0) is 6.54 Å². The molecule has 0 aliphatic heterocycles. The molecule has 1 heterocycles. The summed E-state index contributed by atoms with van der Waals surface area (Å²) in [5, 5.41) is 0. The van der Waals surface area contributed by atoms with Gasteiger partial charge in [-0.3, -0.25) is 4.79 Å². The van der Waals surface area contributed by atoms with Gasteiger partial charge in [0.2, 0.25) is 0 Å².